The molecular formula is C18H28ClNO. The van der Waals surface area contributed by atoms with E-state index in [0.29, 0.717) is 6.04 Å². The molecule has 21 heavy (non-hydrogen) atoms. The lowest BCUT2D eigenvalue weighted by Gasteiger charge is -2.34. The molecule has 0 heterocycles. The molecule has 1 aromatic rings. The van der Waals surface area contributed by atoms with Crippen molar-refractivity contribution in [2.24, 2.45) is 11.8 Å². The van der Waals surface area contributed by atoms with Crippen molar-refractivity contribution in [3.05, 3.63) is 29.3 Å². The Morgan fingerprint density at radius 3 is 2.67 bits per heavy atom. The normalized spacial score (nSPS) is 25.8. The first-order valence-corrected chi connectivity index (χ1v) is 8.66. The molecule has 1 aliphatic rings. The predicted molar refractivity (Wildman–Crippen MR) is 90.2 cm³/mol. The van der Waals surface area contributed by atoms with Crippen LogP contribution in [0.2, 0.25) is 5.02 Å². The van der Waals surface area contributed by atoms with Crippen molar-refractivity contribution in [1.82, 2.24) is 5.32 Å². The van der Waals surface area contributed by atoms with Crippen LogP contribution in [-0.4, -0.2) is 19.2 Å². The lowest BCUT2D eigenvalue weighted by Crippen LogP contribution is -2.41. The highest BCUT2D eigenvalue weighted by Crippen LogP contribution is 2.29. The molecule has 1 aliphatic carbocycles. The second-order valence-electron chi connectivity index (χ2n) is 6.34. The zero-order valence-corrected chi connectivity index (χ0v) is 14.0. The van der Waals surface area contributed by atoms with E-state index in [1.54, 1.807) is 0 Å². The summed E-state index contributed by atoms with van der Waals surface area (Å²) in [4.78, 5) is 0. The minimum absolute atomic E-state index is 0.714. The summed E-state index contributed by atoms with van der Waals surface area (Å²) in [6, 6.07) is 8.29. The summed E-state index contributed by atoms with van der Waals surface area (Å²) in [6.07, 6.45) is 6.38. The monoisotopic (exact) mass is 309 g/mol. The zero-order valence-electron chi connectivity index (χ0n) is 13.3. The van der Waals surface area contributed by atoms with Crippen LogP contribution >= 0.6 is 11.6 Å². The molecule has 118 valence electrons. The van der Waals surface area contributed by atoms with Crippen molar-refractivity contribution in [3.8, 4) is 5.75 Å². The lowest BCUT2D eigenvalue weighted by atomic mass is 9.78. The van der Waals surface area contributed by atoms with Crippen molar-refractivity contribution in [2.75, 3.05) is 13.2 Å². The molecule has 0 radical (unpaired) electrons. The van der Waals surface area contributed by atoms with Crippen LogP contribution in [0.25, 0.3) is 0 Å². The fourth-order valence-electron chi connectivity index (χ4n) is 3.11. The summed E-state index contributed by atoms with van der Waals surface area (Å²) in [7, 11) is 0. The van der Waals surface area contributed by atoms with Gasteiger partial charge in [-0.2, -0.15) is 0 Å². The van der Waals surface area contributed by atoms with E-state index < -0.39 is 0 Å². The van der Waals surface area contributed by atoms with Gasteiger partial charge in [0.25, 0.3) is 0 Å². The van der Waals surface area contributed by atoms with E-state index in [2.05, 4.69) is 19.2 Å². The lowest BCUT2D eigenvalue weighted by molar-refractivity contribution is 0.205. The van der Waals surface area contributed by atoms with Gasteiger partial charge in [-0.15, -0.1) is 0 Å². The van der Waals surface area contributed by atoms with Crippen LogP contribution < -0.4 is 10.1 Å². The minimum atomic E-state index is 0.714. The van der Waals surface area contributed by atoms with Crippen molar-refractivity contribution in [2.45, 2.75) is 52.0 Å². The highest BCUT2D eigenvalue weighted by atomic mass is 35.5. The topological polar surface area (TPSA) is 21.3 Å². The third-order valence-corrected chi connectivity index (χ3v) is 5.02. The van der Waals surface area contributed by atoms with E-state index in [9.17, 15) is 0 Å². The van der Waals surface area contributed by atoms with Gasteiger partial charge in [0.1, 0.15) is 5.75 Å². The van der Waals surface area contributed by atoms with Gasteiger partial charge in [-0.05, 0) is 61.9 Å². The number of halogens is 1. The Morgan fingerprint density at radius 2 is 1.90 bits per heavy atom. The Bertz CT molecular complexity index is 406. The van der Waals surface area contributed by atoms with Gasteiger partial charge < -0.3 is 10.1 Å². The second-order valence-corrected chi connectivity index (χ2v) is 6.77. The summed E-state index contributed by atoms with van der Waals surface area (Å²) in [6.45, 7) is 6.66. The van der Waals surface area contributed by atoms with Gasteiger partial charge in [0.2, 0.25) is 0 Å². The van der Waals surface area contributed by atoms with E-state index in [-0.39, 0.29) is 0 Å². The van der Waals surface area contributed by atoms with Gasteiger partial charge in [-0.25, -0.2) is 0 Å². The largest absolute Gasteiger partial charge is 0.494 e. The minimum Gasteiger partial charge on any atom is -0.494 e. The van der Waals surface area contributed by atoms with Gasteiger partial charge in [0.05, 0.1) is 6.61 Å². The van der Waals surface area contributed by atoms with Crippen LogP contribution in [0, 0.1) is 11.8 Å². The van der Waals surface area contributed by atoms with Crippen molar-refractivity contribution in [3.63, 3.8) is 0 Å². The quantitative estimate of drug-likeness (QED) is 0.722. The average Bonchev–Trinajstić information content (AvgIpc) is 2.49. The molecule has 0 saturated heterocycles. The van der Waals surface area contributed by atoms with E-state index in [0.717, 1.165) is 42.2 Å². The zero-order chi connectivity index (χ0) is 15.1. The average molecular weight is 310 g/mol. The van der Waals surface area contributed by atoms with E-state index in [1.165, 1.54) is 25.7 Å². The summed E-state index contributed by atoms with van der Waals surface area (Å²) in [5.41, 5.74) is 0. The number of benzene rings is 1. The number of hydrogen-bond donors (Lipinski definition) is 1. The molecule has 3 heteroatoms. The second kappa shape index (κ2) is 8.65. The highest BCUT2D eigenvalue weighted by Gasteiger charge is 2.26. The first-order valence-electron chi connectivity index (χ1n) is 8.28. The Morgan fingerprint density at radius 1 is 1.14 bits per heavy atom. The molecule has 2 nitrogen and oxygen atoms in total. The van der Waals surface area contributed by atoms with E-state index in [4.69, 9.17) is 16.3 Å². The maximum absolute atomic E-state index is 5.85. The van der Waals surface area contributed by atoms with Crippen LogP contribution in [0.1, 0.15) is 46.0 Å². The predicted octanol–water partition coefficient (Wildman–Crippen LogP) is 4.91. The number of unbranched alkanes of at least 4 members (excludes halogenated alkanes) is 1. The molecule has 0 aliphatic heterocycles. The van der Waals surface area contributed by atoms with Crippen LogP contribution in [0.3, 0.4) is 0 Å². The van der Waals surface area contributed by atoms with Gasteiger partial charge in [0.15, 0.2) is 0 Å². The molecule has 1 fully saturated rings. The third-order valence-electron chi connectivity index (χ3n) is 4.77. The highest BCUT2D eigenvalue weighted by molar-refractivity contribution is 6.30. The smallest absolute Gasteiger partial charge is 0.119 e. The molecule has 0 aromatic heterocycles. The number of hydrogen-bond acceptors (Lipinski definition) is 2. The Labute approximate surface area is 134 Å². The van der Waals surface area contributed by atoms with Crippen molar-refractivity contribution >= 4 is 11.6 Å². The number of nitrogens with one attached hydrogen (secondary N) is 1. The first-order chi connectivity index (χ1) is 10.2. The van der Waals surface area contributed by atoms with Crippen molar-refractivity contribution in [1.29, 1.82) is 0 Å². The first kappa shape index (κ1) is 16.6. The Kier molecular flexibility index (Phi) is 6.85. The molecule has 0 amide bonds. The summed E-state index contributed by atoms with van der Waals surface area (Å²) in [5.74, 6) is 2.58. The van der Waals surface area contributed by atoms with E-state index in [1.807, 2.05) is 24.3 Å². The molecule has 0 bridgehead atoms. The van der Waals surface area contributed by atoms with Crippen LogP contribution in [0.5, 0.6) is 5.75 Å². The maximum atomic E-state index is 5.85. The standard InChI is InChI=1S/C18H28ClNO/c1-14-6-5-7-18(15(14)2)20-12-3-4-13-21-17-10-8-16(19)9-11-17/h8-11,14-15,18,20H,3-7,12-13H2,1-2H3/t14-,15-,18-/m1/s1. The summed E-state index contributed by atoms with van der Waals surface area (Å²) < 4.78 is 5.70. The summed E-state index contributed by atoms with van der Waals surface area (Å²) >= 11 is 5.85. The van der Waals surface area contributed by atoms with Gasteiger partial charge in [0, 0.05) is 11.1 Å². The summed E-state index contributed by atoms with van der Waals surface area (Å²) in [5, 5.41) is 4.49. The molecular weight excluding hydrogens is 282 g/mol. The molecule has 1 N–H and O–H groups in total. The third kappa shape index (κ3) is 5.52. The van der Waals surface area contributed by atoms with Crippen LogP contribution in [-0.2, 0) is 0 Å². The molecule has 2 rings (SSSR count). The van der Waals surface area contributed by atoms with E-state index >= 15 is 0 Å². The van der Waals surface area contributed by atoms with Gasteiger partial charge in [-0.3, -0.25) is 0 Å². The number of ether oxygens (including phenoxy) is 1. The molecule has 1 aromatic carbocycles. The SMILES string of the molecule is C[C@@H]1[C@H](C)CCC[C@H]1NCCCCOc1ccc(Cl)cc1. The molecule has 3 atom stereocenters. The van der Waals surface area contributed by atoms with Gasteiger partial charge >= 0.3 is 0 Å². The van der Waals surface area contributed by atoms with Crippen LogP contribution in [0.4, 0.5) is 0 Å². The molecule has 0 spiro atoms. The Balaban J connectivity index is 1.55. The van der Waals surface area contributed by atoms with Crippen molar-refractivity contribution < 1.29 is 4.74 Å². The van der Waals surface area contributed by atoms with Gasteiger partial charge in [-0.1, -0.05) is 38.3 Å². The Hall–Kier alpha value is -0.730. The maximum Gasteiger partial charge on any atom is 0.119 e. The molecule has 1 saturated carbocycles. The fraction of sp³-hybridized carbons (Fsp3) is 0.667. The number of rotatable bonds is 7. The van der Waals surface area contributed by atoms with Crippen LogP contribution in [0.15, 0.2) is 24.3 Å². The molecule has 0 unspecified atom stereocenters. The fourth-order valence-corrected chi connectivity index (χ4v) is 3.23.